The number of benzene rings is 1. The summed E-state index contributed by atoms with van der Waals surface area (Å²) < 4.78 is 41.5. The number of quaternary nitrogens is 1. The van der Waals surface area contributed by atoms with Crippen molar-refractivity contribution in [2.45, 2.75) is 37.5 Å². The van der Waals surface area contributed by atoms with E-state index in [1.807, 2.05) is 0 Å². The van der Waals surface area contributed by atoms with Crippen LogP contribution in [0.5, 0.6) is 5.75 Å². The molecule has 7 nitrogen and oxygen atoms in total. The van der Waals surface area contributed by atoms with Crippen LogP contribution in [0.15, 0.2) is 29.2 Å². The summed E-state index contributed by atoms with van der Waals surface area (Å²) in [6.07, 6.45) is 3.95. The highest BCUT2D eigenvalue weighted by Gasteiger charge is 2.16. The zero-order valence-corrected chi connectivity index (χ0v) is 15.9. The fourth-order valence-electron chi connectivity index (χ4n) is 2.26. The lowest BCUT2D eigenvalue weighted by Gasteiger charge is -2.29. The number of hydrogen-bond donors (Lipinski definition) is 1. The molecule has 25 heavy (non-hydrogen) atoms. The maximum Gasteiger partial charge on any atom is 0.514 e. The summed E-state index contributed by atoms with van der Waals surface area (Å²) in [4.78, 5) is 11.4. The zero-order chi connectivity index (χ0) is 18.9. The number of rotatable bonds is 10. The van der Waals surface area contributed by atoms with Crippen molar-refractivity contribution in [3.63, 3.8) is 0 Å². The van der Waals surface area contributed by atoms with Crippen molar-refractivity contribution in [1.29, 1.82) is 0 Å². The molecule has 8 heteroatoms. The Morgan fingerprint density at radius 2 is 1.72 bits per heavy atom. The van der Waals surface area contributed by atoms with Crippen molar-refractivity contribution in [1.82, 2.24) is 0 Å². The number of unbranched alkanes of at least 4 members (excludes halogenated alkanes) is 3. The van der Waals surface area contributed by atoms with E-state index in [-0.39, 0.29) is 17.3 Å². The fourth-order valence-corrected chi connectivity index (χ4v) is 2.74. The Bertz CT molecular complexity index is 640. The molecule has 1 rings (SSSR count). The van der Waals surface area contributed by atoms with Crippen LogP contribution in [0, 0.1) is 0 Å². The van der Waals surface area contributed by atoms with E-state index in [0.717, 1.165) is 29.6 Å². The van der Waals surface area contributed by atoms with Gasteiger partial charge in [-0.1, -0.05) is 19.8 Å². The maximum atomic E-state index is 11.7. The van der Waals surface area contributed by atoms with E-state index in [2.05, 4.69) is 21.0 Å². The zero-order valence-electron chi connectivity index (χ0n) is 15.1. The van der Waals surface area contributed by atoms with E-state index in [1.165, 1.54) is 31.4 Å². The lowest BCUT2D eigenvalue weighted by molar-refractivity contribution is -0.890. The van der Waals surface area contributed by atoms with Crippen molar-refractivity contribution in [3.8, 4) is 5.75 Å². The second-order valence-corrected chi connectivity index (χ2v) is 8.01. The van der Waals surface area contributed by atoms with Gasteiger partial charge >= 0.3 is 6.16 Å². The van der Waals surface area contributed by atoms with E-state index in [1.54, 1.807) is 0 Å². The van der Waals surface area contributed by atoms with Crippen LogP contribution in [0.2, 0.25) is 0 Å². The quantitative estimate of drug-likeness (QED) is 0.222. The van der Waals surface area contributed by atoms with Crippen LogP contribution in [0.3, 0.4) is 0 Å². The highest BCUT2D eigenvalue weighted by molar-refractivity contribution is 7.85. The van der Waals surface area contributed by atoms with Gasteiger partial charge in [-0.25, -0.2) is 4.79 Å². The molecule has 142 valence electrons. The molecule has 0 aromatic heterocycles. The molecule has 0 saturated heterocycles. The van der Waals surface area contributed by atoms with E-state index >= 15 is 0 Å². The van der Waals surface area contributed by atoms with E-state index < -0.39 is 16.3 Å². The van der Waals surface area contributed by atoms with Gasteiger partial charge in [-0.05, 0) is 37.1 Å². The third-order valence-corrected chi connectivity index (χ3v) is 4.72. The Labute approximate surface area is 149 Å². The second kappa shape index (κ2) is 9.74. The van der Waals surface area contributed by atoms with Gasteiger partial charge in [0.25, 0.3) is 10.1 Å². The molecular formula is C17H28NO6S+. The number of nitrogens with zero attached hydrogens (tertiary/aromatic N) is 1. The molecule has 0 unspecified atom stereocenters. The minimum atomic E-state index is -4.26. The van der Waals surface area contributed by atoms with Gasteiger partial charge in [-0.3, -0.25) is 4.55 Å². The predicted octanol–water partition coefficient (Wildman–Crippen LogP) is 3.11. The molecule has 0 saturated carbocycles. The highest BCUT2D eigenvalue weighted by atomic mass is 32.2. The first-order valence-electron chi connectivity index (χ1n) is 8.38. The Balaban J connectivity index is 2.35. The Morgan fingerprint density at radius 3 is 2.28 bits per heavy atom. The van der Waals surface area contributed by atoms with Crippen LogP contribution in [0.4, 0.5) is 4.79 Å². The summed E-state index contributed by atoms with van der Waals surface area (Å²) in [6.45, 7) is 4.12. The summed E-state index contributed by atoms with van der Waals surface area (Å²) >= 11 is 0. The Kier molecular flexibility index (Phi) is 8.34. The molecule has 0 aliphatic rings. The third kappa shape index (κ3) is 8.85. The number of hydrogen-bond acceptors (Lipinski definition) is 5. The van der Waals surface area contributed by atoms with Gasteiger partial charge < -0.3 is 14.0 Å². The molecule has 1 aromatic carbocycles. The average Bonchev–Trinajstić information content (AvgIpc) is 2.51. The average molecular weight is 374 g/mol. The second-order valence-electron chi connectivity index (χ2n) is 6.59. The summed E-state index contributed by atoms with van der Waals surface area (Å²) in [6, 6.07) is 4.85. The maximum absolute atomic E-state index is 11.7. The monoisotopic (exact) mass is 374 g/mol. The molecule has 0 radical (unpaired) electrons. The van der Waals surface area contributed by atoms with Crippen LogP contribution in [-0.2, 0) is 14.9 Å². The van der Waals surface area contributed by atoms with Crippen molar-refractivity contribution in [2.24, 2.45) is 0 Å². The summed E-state index contributed by atoms with van der Waals surface area (Å²) in [5, 5.41) is 0. The van der Waals surface area contributed by atoms with E-state index in [0.29, 0.717) is 6.54 Å². The van der Waals surface area contributed by atoms with Gasteiger partial charge in [0.05, 0.1) is 25.5 Å². The van der Waals surface area contributed by atoms with Crippen molar-refractivity contribution >= 4 is 16.3 Å². The van der Waals surface area contributed by atoms with Crippen LogP contribution in [-0.4, -0.2) is 57.4 Å². The third-order valence-electron chi connectivity index (χ3n) is 3.86. The van der Waals surface area contributed by atoms with Crippen molar-refractivity contribution in [2.75, 3.05) is 33.8 Å². The van der Waals surface area contributed by atoms with Gasteiger partial charge in [-0.2, -0.15) is 8.42 Å². The number of carbonyl (C=O) groups is 1. The SMILES string of the molecule is CCCCCC[N+](C)(C)CCOC(=O)Oc1ccc(S(=O)(=O)O)cc1. The van der Waals surface area contributed by atoms with Crippen LogP contribution in [0.1, 0.15) is 32.6 Å². The lowest BCUT2D eigenvalue weighted by Crippen LogP contribution is -2.43. The lowest BCUT2D eigenvalue weighted by atomic mass is 10.2. The first kappa shape index (κ1) is 21.4. The minimum Gasteiger partial charge on any atom is -0.428 e. The van der Waals surface area contributed by atoms with Crippen LogP contribution >= 0.6 is 0 Å². The van der Waals surface area contributed by atoms with Crippen molar-refractivity contribution in [3.05, 3.63) is 24.3 Å². The highest BCUT2D eigenvalue weighted by Crippen LogP contribution is 2.16. The van der Waals surface area contributed by atoms with Gasteiger partial charge in [0.15, 0.2) is 0 Å². The fraction of sp³-hybridized carbons (Fsp3) is 0.588. The van der Waals surface area contributed by atoms with Gasteiger partial charge in [0.1, 0.15) is 18.9 Å². The number of ether oxygens (including phenoxy) is 2. The van der Waals surface area contributed by atoms with Crippen molar-refractivity contribution < 1.29 is 31.7 Å². The van der Waals surface area contributed by atoms with Crippen LogP contribution < -0.4 is 4.74 Å². The standard InChI is InChI=1S/C17H27NO6S/c1-4-5-6-7-12-18(2,3)13-14-23-17(19)24-15-8-10-16(11-9-15)25(20,21)22/h8-11H,4-7,12-14H2,1-3H3/p+1. The first-order valence-corrected chi connectivity index (χ1v) is 9.82. The van der Waals surface area contributed by atoms with Crippen LogP contribution in [0.25, 0.3) is 0 Å². The number of likely N-dealkylation sites (N-methyl/N-ethyl adjacent to an activating group) is 1. The summed E-state index contributed by atoms with van der Waals surface area (Å²) in [7, 11) is -0.0801. The normalized spacial score (nSPS) is 12.0. The van der Waals surface area contributed by atoms with Gasteiger partial charge in [-0.15, -0.1) is 0 Å². The molecule has 0 bridgehead atoms. The Hall–Kier alpha value is -1.64. The van der Waals surface area contributed by atoms with Gasteiger partial charge in [0, 0.05) is 0 Å². The molecule has 1 N–H and O–H groups in total. The molecule has 0 aliphatic carbocycles. The largest absolute Gasteiger partial charge is 0.514 e. The molecule has 0 spiro atoms. The molecule has 0 heterocycles. The summed E-state index contributed by atoms with van der Waals surface area (Å²) in [5.41, 5.74) is 0. The Morgan fingerprint density at radius 1 is 1.08 bits per heavy atom. The molecule has 0 fully saturated rings. The summed E-state index contributed by atoms with van der Waals surface area (Å²) in [5.74, 6) is 0.144. The van der Waals surface area contributed by atoms with E-state index in [4.69, 9.17) is 14.0 Å². The van der Waals surface area contributed by atoms with Gasteiger partial charge in [0.2, 0.25) is 0 Å². The smallest absolute Gasteiger partial charge is 0.428 e. The van der Waals surface area contributed by atoms with E-state index in [9.17, 15) is 13.2 Å². The molecule has 1 aromatic rings. The number of carbonyl (C=O) groups excluding carboxylic acids is 1. The topological polar surface area (TPSA) is 89.9 Å². The molecule has 0 amide bonds. The predicted molar refractivity (Wildman–Crippen MR) is 94.2 cm³/mol. The molecule has 0 aliphatic heterocycles. The first-order chi connectivity index (χ1) is 11.6. The molecular weight excluding hydrogens is 346 g/mol. The minimum absolute atomic E-state index is 0.144. The molecule has 0 atom stereocenters.